The Kier molecular flexibility index (Phi) is 4.77. The van der Waals surface area contributed by atoms with Crippen LogP contribution in [0, 0.1) is 6.92 Å². The lowest BCUT2D eigenvalue weighted by molar-refractivity contribution is -0.144. The average molecular weight is 270 g/mol. The van der Waals surface area contributed by atoms with Crippen LogP contribution in [0.3, 0.4) is 0 Å². The average Bonchev–Trinajstić information content (AvgIpc) is 2.47. The molecule has 0 bridgehead atoms. The van der Waals surface area contributed by atoms with Crippen molar-refractivity contribution in [3.05, 3.63) is 65.2 Å². The number of aryl methyl sites for hydroxylation is 2. The quantitative estimate of drug-likeness (QED) is 0.847. The van der Waals surface area contributed by atoms with Gasteiger partial charge in [0.2, 0.25) is 0 Å². The van der Waals surface area contributed by atoms with E-state index in [1.807, 2.05) is 49.4 Å². The van der Waals surface area contributed by atoms with E-state index in [9.17, 15) is 9.90 Å². The van der Waals surface area contributed by atoms with Gasteiger partial charge in [-0.15, -0.1) is 0 Å². The molecule has 0 unspecified atom stereocenters. The van der Waals surface area contributed by atoms with Crippen LogP contribution in [0.1, 0.15) is 23.1 Å². The highest BCUT2D eigenvalue weighted by atomic mass is 16.5. The SMILES string of the molecule is Cc1cc(CCC(=O)OCc2ccccc2)ccc1O. The van der Waals surface area contributed by atoms with E-state index in [2.05, 4.69) is 0 Å². The van der Waals surface area contributed by atoms with Crippen LogP contribution < -0.4 is 0 Å². The predicted molar refractivity (Wildman–Crippen MR) is 77.4 cm³/mol. The number of rotatable bonds is 5. The molecule has 104 valence electrons. The summed E-state index contributed by atoms with van der Waals surface area (Å²) in [5, 5.41) is 9.44. The van der Waals surface area contributed by atoms with E-state index in [1.165, 1.54) is 0 Å². The molecule has 1 N–H and O–H groups in total. The first-order valence-corrected chi connectivity index (χ1v) is 6.63. The molecule has 0 heterocycles. The first kappa shape index (κ1) is 14.1. The van der Waals surface area contributed by atoms with Crippen molar-refractivity contribution < 1.29 is 14.6 Å². The number of carbonyl (C=O) groups excluding carboxylic acids is 1. The molecular weight excluding hydrogens is 252 g/mol. The molecule has 0 radical (unpaired) electrons. The van der Waals surface area contributed by atoms with Crippen LogP contribution in [-0.2, 0) is 22.6 Å². The zero-order valence-electron chi connectivity index (χ0n) is 11.5. The van der Waals surface area contributed by atoms with E-state index in [-0.39, 0.29) is 11.7 Å². The van der Waals surface area contributed by atoms with Crippen LogP contribution >= 0.6 is 0 Å². The number of carbonyl (C=O) groups is 1. The molecule has 2 rings (SSSR count). The van der Waals surface area contributed by atoms with Crippen molar-refractivity contribution in [3.8, 4) is 5.75 Å². The first-order chi connectivity index (χ1) is 9.65. The zero-order chi connectivity index (χ0) is 14.4. The molecule has 0 atom stereocenters. The van der Waals surface area contributed by atoms with E-state index in [4.69, 9.17) is 4.74 Å². The first-order valence-electron chi connectivity index (χ1n) is 6.63. The molecule has 2 aromatic carbocycles. The Balaban J connectivity index is 1.79. The molecule has 0 saturated carbocycles. The molecule has 3 nitrogen and oxygen atoms in total. The fourth-order valence-corrected chi connectivity index (χ4v) is 1.93. The molecular formula is C17H18O3. The number of esters is 1. The second-order valence-corrected chi connectivity index (χ2v) is 4.77. The summed E-state index contributed by atoms with van der Waals surface area (Å²) in [5.41, 5.74) is 2.83. The molecule has 0 aromatic heterocycles. The Morgan fingerprint density at radius 3 is 2.55 bits per heavy atom. The normalized spacial score (nSPS) is 10.2. The fraction of sp³-hybridized carbons (Fsp3) is 0.235. The van der Waals surface area contributed by atoms with Gasteiger partial charge in [0.1, 0.15) is 12.4 Å². The summed E-state index contributed by atoms with van der Waals surface area (Å²) in [6.45, 7) is 2.15. The molecule has 0 aliphatic carbocycles. The van der Waals surface area contributed by atoms with E-state index >= 15 is 0 Å². The fourth-order valence-electron chi connectivity index (χ4n) is 1.93. The second-order valence-electron chi connectivity index (χ2n) is 4.77. The number of aromatic hydroxyl groups is 1. The minimum atomic E-state index is -0.209. The van der Waals surface area contributed by atoms with Crippen molar-refractivity contribution in [1.29, 1.82) is 0 Å². The van der Waals surface area contributed by atoms with Gasteiger partial charge in [-0.1, -0.05) is 42.5 Å². The summed E-state index contributed by atoms with van der Waals surface area (Å²) >= 11 is 0. The standard InChI is InChI=1S/C17H18O3/c1-13-11-14(7-9-16(13)18)8-10-17(19)20-12-15-5-3-2-4-6-15/h2-7,9,11,18H,8,10,12H2,1H3. The molecule has 0 aliphatic heterocycles. The molecule has 0 spiro atoms. The topological polar surface area (TPSA) is 46.5 Å². The van der Waals surface area contributed by atoms with Crippen molar-refractivity contribution in [2.45, 2.75) is 26.4 Å². The van der Waals surface area contributed by atoms with Crippen molar-refractivity contribution >= 4 is 5.97 Å². The lowest BCUT2D eigenvalue weighted by Crippen LogP contribution is -2.06. The number of hydrogen-bond donors (Lipinski definition) is 1. The third-order valence-electron chi connectivity index (χ3n) is 3.12. The van der Waals surface area contributed by atoms with Gasteiger partial charge in [-0.3, -0.25) is 4.79 Å². The second kappa shape index (κ2) is 6.75. The zero-order valence-corrected chi connectivity index (χ0v) is 11.5. The van der Waals surface area contributed by atoms with Crippen molar-refractivity contribution in [2.24, 2.45) is 0 Å². The molecule has 0 aliphatic rings. The minimum absolute atomic E-state index is 0.209. The van der Waals surface area contributed by atoms with Crippen LogP contribution in [0.15, 0.2) is 48.5 Å². The Morgan fingerprint density at radius 1 is 1.10 bits per heavy atom. The molecule has 20 heavy (non-hydrogen) atoms. The summed E-state index contributed by atoms with van der Waals surface area (Å²) in [6, 6.07) is 15.0. The maximum Gasteiger partial charge on any atom is 0.306 e. The molecule has 0 fully saturated rings. The predicted octanol–water partition coefficient (Wildman–Crippen LogP) is 3.38. The van der Waals surface area contributed by atoms with Gasteiger partial charge in [-0.25, -0.2) is 0 Å². The number of phenols is 1. The van der Waals surface area contributed by atoms with Crippen LogP contribution in [0.4, 0.5) is 0 Å². The highest BCUT2D eigenvalue weighted by molar-refractivity contribution is 5.69. The number of ether oxygens (including phenoxy) is 1. The van der Waals surface area contributed by atoms with Gasteiger partial charge >= 0.3 is 5.97 Å². The Labute approximate surface area is 118 Å². The Morgan fingerprint density at radius 2 is 1.85 bits per heavy atom. The van der Waals surface area contributed by atoms with E-state index in [0.717, 1.165) is 16.7 Å². The molecule has 3 heteroatoms. The summed E-state index contributed by atoms with van der Waals surface area (Å²) in [6.07, 6.45) is 0.964. The molecule has 0 amide bonds. The van der Waals surface area contributed by atoms with Crippen LogP contribution in [-0.4, -0.2) is 11.1 Å². The largest absolute Gasteiger partial charge is 0.508 e. The van der Waals surface area contributed by atoms with Gasteiger partial charge in [0.25, 0.3) is 0 Å². The van der Waals surface area contributed by atoms with Gasteiger partial charge in [-0.05, 0) is 36.1 Å². The van der Waals surface area contributed by atoms with Gasteiger partial charge in [0, 0.05) is 6.42 Å². The maximum atomic E-state index is 11.7. The lowest BCUT2D eigenvalue weighted by atomic mass is 10.1. The third kappa shape index (κ3) is 4.12. The monoisotopic (exact) mass is 270 g/mol. The Hall–Kier alpha value is -2.29. The highest BCUT2D eigenvalue weighted by Crippen LogP contribution is 2.18. The van der Waals surface area contributed by atoms with Crippen molar-refractivity contribution in [1.82, 2.24) is 0 Å². The summed E-state index contributed by atoms with van der Waals surface area (Å²) in [5.74, 6) is 0.0694. The third-order valence-corrected chi connectivity index (χ3v) is 3.12. The number of benzene rings is 2. The minimum Gasteiger partial charge on any atom is -0.508 e. The van der Waals surface area contributed by atoms with Crippen LogP contribution in [0.25, 0.3) is 0 Å². The molecule has 0 saturated heterocycles. The smallest absolute Gasteiger partial charge is 0.306 e. The summed E-state index contributed by atoms with van der Waals surface area (Å²) in [4.78, 5) is 11.7. The van der Waals surface area contributed by atoms with E-state index < -0.39 is 0 Å². The molecule has 2 aromatic rings. The maximum absolute atomic E-state index is 11.7. The summed E-state index contributed by atoms with van der Waals surface area (Å²) in [7, 11) is 0. The highest BCUT2D eigenvalue weighted by Gasteiger charge is 2.05. The Bertz CT molecular complexity index is 576. The number of hydrogen-bond acceptors (Lipinski definition) is 3. The van der Waals surface area contributed by atoms with E-state index in [0.29, 0.717) is 19.4 Å². The van der Waals surface area contributed by atoms with Gasteiger partial charge < -0.3 is 9.84 Å². The van der Waals surface area contributed by atoms with Gasteiger partial charge in [-0.2, -0.15) is 0 Å². The van der Waals surface area contributed by atoms with Crippen LogP contribution in [0.2, 0.25) is 0 Å². The summed E-state index contributed by atoms with van der Waals surface area (Å²) < 4.78 is 5.22. The van der Waals surface area contributed by atoms with Crippen molar-refractivity contribution in [3.63, 3.8) is 0 Å². The van der Waals surface area contributed by atoms with Gasteiger partial charge in [0.05, 0.1) is 0 Å². The van der Waals surface area contributed by atoms with Crippen LogP contribution in [0.5, 0.6) is 5.75 Å². The van der Waals surface area contributed by atoms with E-state index in [1.54, 1.807) is 6.07 Å². The number of phenolic OH excluding ortho intramolecular Hbond substituents is 1. The lowest BCUT2D eigenvalue weighted by Gasteiger charge is -2.06. The van der Waals surface area contributed by atoms with Gasteiger partial charge in [0.15, 0.2) is 0 Å². The van der Waals surface area contributed by atoms with Crippen molar-refractivity contribution in [2.75, 3.05) is 0 Å².